The van der Waals surface area contributed by atoms with Gasteiger partial charge >= 0.3 is 37.9 Å². The summed E-state index contributed by atoms with van der Waals surface area (Å²) < 4.78 is 10.7. The number of hydrogen-bond acceptors (Lipinski definition) is 2. The molecule has 152 valence electrons. The molecule has 0 amide bonds. The summed E-state index contributed by atoms with van der Waals surface area (Å²) in [4.78, 5) is 0. The van der Waals surface area contributed by atoms with Gasteiger partial charge in [0.05, 0.1) is 24.0 Å². The van der Waals surface area contributed by atoms with Gasteiger partial charge in [-0.25, -0.2) is 0 Å². The van der Waals surface area contributed by atoms with E-state index in [1.54, 1.807) is 12.5 Å². The van der Waals surface area contributed by atoms with Crippen molar-refractivity contribution in [3.63, 3.8) is 0 Å². The minimum absolute atomic E-state index is 0.826. The monoisotopic (exact) mass is 522 g/mol. The van der Waals surface area contributed by atoms with Crippen molar-refractivity contribution in [2.75, 3.05) is 0 Å². The third-order valence-electron chi connectivity index (χ3n) is 4.85. The average molecular weight is 525 g/mol. The average Bonchev–Trinajstić information content (AvgIpc) is 3.60. The van der Waals surface area contributed by atoms with Crippen LogP contribution in [0, 0.1) is 0 Å². The number of halogens is 2. The van der Waals surface area contributed by atoms with Gasteiger partial charge in [-0.2, -0.15) is 0 Å². The van der Waals surface area contributed by atoms with Crippen molar-refractivity contribution in [2.24, 2.45) is 0 Å². The van der Waals surface area contributed by atoms with E-state index in [0.29, 0.717) is 0 Å². The summed E-state index contributed by atoms with van der Waals surface area (Å²) in [5.74, 6) is 1.86. The fraction of sp³-hybridized carbons (Fsp3) is 0. The van der Waals surface area contributed by atoms with Gasteiger partial charge in [0.2, 0.25) is 0 Å². The number of rotatable bonds is 2. The summed E-state index contributed by atoms with van der Waals surface area (Å²) in [5, 5.41) is 5.05. The molecule has 0 saturated heterocycles. The molecule has 2 aromatic heterocycles. The van der Waals surface area contributed by atoms with Gasteiger partial charge < -0.3 is 8.83 Å². The quantitative estimate of drug-likeness (QED) is 0.211. The summed E-state index contributed by atoms with van der Waals surface area (Å²) in [6.07, 6.45) is 3.40. The fourth-order valence-electron chi connectivity index (χ4n) is 3.47. The second-order valence-corrected chi connectivity index (χ2v) is 10.5. The second-order valence-electron chi connectivity index (χ2n) is 6.77. The SMILES string of the molecule is [Cl][Zr+2][Cl].c1coc(-c2cc3ccccc3[cH-]2)c1.c1coc(-c2cc3ccccc3[cH-]2)c1. The molecule has 0 atom stereocenters. The summed E-state index contributed by atoms with van der Waals surface area (Å²) in [6.45, 7) is 0. The molecule has 4 aromatic carbocycles. The van der Waals surface area contributed by atoms with E-state index >= 15 is 0 Å². The van der Waals surface area contributed by atoms with Gasteiger partial charge in [-0.1, -0.05) is 59.7 Å². The summed E-state index contributed by atoms with van der Waals surface area (Å²) in [7, 11) is 9.87. The number of benzene rings is 2. The van der Waals surface area contributed by atoms with Crippen LogP contribution in [0.15, 0.2) is 118 Å². The molecule has 5 heteroatoms. The molecule has 2 heterocycles. The van der Waals surface area contributed by atoms with Gasteiger partial charge in [0.15, 0.2) is 0 Å². The zero-order valence-electron chi connectivity index (χ0n) is 16.5. The van der Waals surface area contributed by atoms with Crippen LogP contribution in [0.1, 0.15) is 0 Å². The summed E-state index contributed by atoms with van der Waals surface area (Å²) >= 11 is -0.826. The van der Waals surface area contributed by atoms with Crippen molar-refractivity contribution < 1.29 is 29.7 Å². The maximum absolute atomic E-state index is 5.35. The first kappa shape index (κ1) is 21.9. The molecule has 0 spiro atoms. The van der Waals surface area contributed by atoms with Crippen LogP contribution in [0.4, 0.5) is 0 Å². The Balaban J connectivity index is 0.000000133. The van der Waals surface area contributed by atoms with E-state index in [4.69, 9.17) is 25.9 Å². The van der Waals surface area contributed by atoms with Crippen molar-refractivity contribution in [1.29, 1.82) is 0 Å². The van der Waals surface area contributed by atoms with E-state index in [-0.39, 0.29) is 0 Å². The van der Waals surface area contributed by atoms with Crippen LogP contribution in [-0.2, 0) is 20.8 Å². The Morgan fingerprint density at radius 2 is 1.00 bits per heavy atom. The van der Waals surface area contributed by atoms with E-state index in [2.05, 4.69) is 48.5 Å². The Kier molecular flexibility index (Phi) is 7.64. The first-order chi connectivity index (χ1) is 15.3. The number of fused-ring (bicyclic) bond motifs is 2. The first-order valence-corrected chi connectivity index (χ1v) is 16.0. The first-order valence-electron chi connectivity index (χ1n) is 9.63. The minimum Gasteiger partial charge on any atom is -0.499 e. The van der Waals surface area contributed by atoms with Gasteiger partial charge in [-0.3, -0.25) is 0 Å². The van der Waals surface area contributed by atoms with Crippen molar-refractivity contribution in [2.45, 2.75) is 0 Å². The van der Waals surface area contributed by atoms with Crippen LogP contribution in [0.3, 0.4) is 0 Å². The Morgan fingerprint density at radius 1 is 0.581 bits per heavy atom. The van der Waals surface area contributed by atoms with Crippen LogP contribution >= 0.6 is 17.0 Å². The zero-order chi connectivity index (χ0) is 21.5. The van der Waals surface area contributed by atoms with Crippen molar-refractivity contribution in [1.82, 2.24) is 0 Å². The Morgan fingerprint density at radius 3 is 1.35 bits per heavy atom. The van der Waals surface area contributed by atoms with Gasteiger partial charge in [-0.05, 0) is 12.1 Å². The van der Waals surface area contributed by atoms with Crippen LogP contribution in [-0.4, -0.2) is 0 Å². The van der Waals surface area contributed by atoms with E-state index in [1.165, 1.54) is 21.5 Å². The molecule has 0 saturated carbocycles. The van der Waals surface area contributed by atoms with Crippen molar-refractivity contribution in [3.05, 3.63) is 110 Å². The molecule has 0 aliphatic rings. The smallest absolute Gasteiger partial charge is 0.0796 e. The Hall–Kier alpha value is -2.32. The second kappa shape index (κ2) is 10.8. The molecule has 0 unspecified atom stereocenters. The summed E-state index contributed by atoms with van der Waals surface area (Å²) in [5.41, 5.74) is 2.30. The normalized spacial score (nSPS) is 10.1. The van der Waals surface area contributed by atoms with E-state index < -0.39 is 20.8 Å². The molecular weight excluding hydrogens is 506 g/mol. The predicted molar refractivity (Wildman–Crippen MR) is 126 cm³/mol. The van der Waals surface area contributed by atoms with Gasteiger partial charge in [0, 0.05) is 0 Å². The topological polar surface area (TPSA) is 26.3 Å². The minimum atomic E-state index is -0.826. The van der Waals surface area contributed by atoms with Gasteiger partial charge in [0.1, 0.15) is 0 Å². The maximum atomic E-state index is 5.35. The fourth-order valence-corrected chi connectivity index (χ4v) is 3.47. The molecule has 6 aromatic rings. The van der Waals surface area contributed by atoms with Crippen LogP contribution in [0.5, 0.6) is 0 Å². The van der Waals surface area contributed by atoms with Gasteiger partial charge in [-0.15, -0.1) is 57.9 Å². The molecule has 0 N–H and O–H groups in total. The van der Waals surface area contributed by atoms with Crippen LogP contribution in [0.2, 0.25) is 0 Å². The zero-order valence-corrected chi connectivity index (χ0v) is 20.4. The molecule has 0 aliphatic carbocycles. The molecule has 6 rings (SSSR count). The number of furan rings is 2. The molecule has 0 radical (unpaired) electrons. The number of hydrogen-bond donors (Lipinski definition) is 0. The van der Waals surface area contributed by atoms with E-state index in [9.17, 15) is 0 Å². The van der Waals surface area contributed by atoms with Crippen LogP contribution < -0.4 is 0 Å². The standard InChI is InChI=1S/2C13H9O.2ClH.Zr/c2*1-2-5-11-9-12(8-10(11)4-1)13-6-3-7-14-13;;;/h2*1-9H;2*1H;/q2*-1;;;+4/p-2. The van der Waals surface area contributed by atoms with E-state index in [0.717, 1.165) is 22.6 Å². The molecule has 0 fully saturated rings. The molecule has 0 bridgehead atoms. The molecule has 2 nitrogen and oxygen atoms in total. The maximum Gasteiger partial charge on any atom is 0.0796 e. The Labute approximate surface area is 199 Å². The Bertz CT molecular complexity index is 1160. The van der Waals surface area contributed by atoms with E-state index in [1.807, 2.05) is 48.5 Å². The molecular formula is C26H18Cl2O2Zr. The third-order valence-corrected chi connectivity index (χ3v) is 4.85. The summed E-state index contributed by atoms with van der Waals surface area (Å²) in [6, 6.07) is 33.0. The molecule has 31 heavy (non-hydrogen) atoms. The molecule has 0 aliphatic heterocycles. The van der Waals surface area contributed by atoms with Crippen molar-refractivity contribution >= 4 is 38.6 Å². The van der Waals surface area contributed by atoms with Gasteiger partial charge in [0.25, 0.3) is 0 Å². The largest absolute Gasteiger partial charge is 0.499 e. The third kappa shape index (κ3) is 5.49. The predicted octanol–water partition coefficient (Wildman–Crippen LogP) is 9.01. The van der Waals surface area contributed by atoms with Crippen molar-refractivity contribution in [3.8, 4) is 22.6 Å². The van der Waals surface area contributed by atoms with Crippen LogP contribution in [0.25, 0.3) is 44.2 Å².